The Morgan fingerprint density at radius 3 is 2.52 bits per heavy atom. The fourth-order valence-electron chi connectivity index (χ4n) is 3.32. The first-order chi connectivity index (χ1) is 13.1. The lowest BCUT2D eigenvalue weighted by molar-refractivity contribution is 0.0862. The summed E-state index contributed by atoms with van der Waals surface area (Å²) in [6.45, 7) is 2.91. The molecule has 4 N–H and O–H groups in total. The lowest BCUT2D eigenvalue weighted by Gasteiger charge is -2.23. The number of aliphatic hydroxyl groups excluding tert-OH is 1. The largest absolute Gasteiger partial charge is 0.390 e. The summed E-state index contributed by atoms with van der Waals surface area (Å²) < 4.78 is 0. The van der Waals surface area contributed by atoms with Crippen LogP contribution in [0.15, 0.2) is 36.5 Å². The molecule has 1 amide bonds. The highest BCUT2D eigenvalue weighted by Gasteiger charge is 2.15. The monoisotopic (exact) mass is 369 g/mol. The summed E-state index contributed by atoms with van der Waals surface area (Å²) in [5.41, 5.74) is 7.72. The number of carbonyl (C=O) groups excluding carboxylic acids is 1. The van der Waals surface area contributed by atoms with Crippen LogP contribution in [-0.4, -0.2) is 58.2 Å². The van der Waals surface area contributed by atoms with Gasteiger partial charge in [-0.2, -0.15) is 0 Å². The van der Waals surface area contributed by atoms with Crippen LogP contribution < -0.4 is 11.1 Å². The van der Waals surface area contributed by atoms with Crippen molar-refractivity contribution in [3.63, 3.8) is 0 Å². The van der Waals surface area contributed by atoms with E-state index in [4.69, 9.17) is 5.73 Å². The number of aromatic nitrogens is 2. The van der Waals surface area contributed by atoms with E-state index in [-0.39, 0.29) is 18.4 Å². The molecule has 1 atom stereocenters. The lowest BCUT2D eigenvalue weighted by Crippen LogP contribution is -2.40. The first kappa shape index (κ1) is 19.3. The summed E-state index contributed by atoms with van der Waals surface area (Å²) in [6.07, 6.45) is 5.94. The molecule has 7 nitrogen and oxygen atoms in total. The van der Waals surface area contributed by atoms with Gasteiger partial charge >= 0.3 is 0 Å². The van der Waals surface area contributed by atoms with E-state index >= 15 is 0 Å². The predicted octanol–water partition coefficient (Wildman–Crippen LogP) is 1.69. The van der Waals surface area contributed by atoms with E-state index in [2.05, 4.69) is 20.2 Å². The SMILES string of the molecule is Nc1nccc(-c2ccc(C(=O)NCC(O)CN3CCCCCC3)cc2)n1. The van der Waals surface area contributed by atoms with E-state index in [0.29, 0.717) is 17.8 Å². The van der Waals surface area contributed by atoms with Gasteiger partial charge in [0.1, 0.15) is 0 Å². The van der Waals surface area contributed by atoms with E-state index in [0.717, 1.165) is 18.7 Å². The number of benzene rings is 1. The van der Waals surface area contributed by atoms with Crippen LogP contribution >= 0.6 is 0 Å². The zero-order valence-electron chi connectivity index (χ0n) is 15.5. The Kier molecular flexibility index (Phi) is 6.73. The number of likely N-dealkylation sites (tertiary alicyclic amines) is 1. The smallest absolute Gasteiger partial charge is 0.251 e. The molecule has 1 aliphatic rings. The molecular weight excluding hydrogens is 342 g/mol. The average Bonchev–Trinajstić information content (AvgIpc) is 2.95. The fourth-order valence-corrected chi connectivity index (χ4v) is 3.32. The normalized spacial score (nSPS) is 16.5. The Morgan fingerprint density at radius 2 is 1.85 bits per heavy atom. The van der Waals surface area contributed by atoms with E-state index < -0.39 is 6.10 Å². The standard InChI is InChI=1S/C20H27N5O2/c21-20-22-10-9-18(24-20)15-5-7-16(8-6-15)19(27)23-13-17(26)14-25-11-3-1-2-4-12-25/h5-10,17,26H,1-4,11-14H2,(H,23,27)(H2,21,22,24). The summed E-state index contributed by atoms with van der Waals surface area (Å²) in [4.78, 5) is 22.6. The highest BCUT2D eigenvalue weighted by Crippen LogP contribution is 2.17. The molecule has 7 heteroatoms. The number of nitrogens with zero attached hydrogens (tertiary/aromatic N) is 3. The number of rotatable bonds is 6. The van der Waals surface area contributed by atoms with Crippen molar-refractivity contribution < 1.29 is 9.90 Å². The Balaban J connectivity index is 1.50. The van der Waals surface area contributed by atoms with Crippen LogP contribution in [0.4, 0.5) is 5.95 Å². The number of hydrogen-bond donors (Lipinski definition) is 3. The van der Waals surface area contributed by atoms with E-state index in [1.54, 1.807) is 24.4 Å². The number of anilines is 1. The highest BCUT2D eigenvalue weighted by atomic mass is 16.3. The summed E-state index contributed by atoms with van der Waals surface area (Å²) in [5.74, 6) is 0.0198. The molecule has 1 fully saturated rings. The van der Waals surface area contributed by atoms with E-state index in [9.17, 15) is 9.90 Å². The maximum absolute atomic E-state index is 12.3. The molecule has 0 saturated carbocycles. The van der Waals surface area contributed by atoms with Crippen LogP contribution in [0.3, 0.4) is 0 Å². The minimum atomic E-state index is -0.560. The van der Waals surface area contributed by atoms with Crippen molar-refractivity contribution in [1.82, 2.24) is 20.2 Å². The third-order valence-corrected chi connectivity index (χ3v) is 4.78. The number of carbonyl (C=O) groups is 1. The first-order valence-corrected chi connectivity index (χ1v) is 9.49. The molecule has 27 heavy (non-hydrogen) atoms. The first-order valence-electron chi connectivity index (χ1n) is 9.49. The minimum absolute atomic E-state index is 0.196. The molecule has 1 aliphatic heterocycles. The number of nitrogens with one attached hydrogen (secondary N) is 1. The zero-order chi connectivity index (χ0) is 19.1. The zero-order valence-corrected chi connectivity index (χ0v) is 15.5. The van der Waals surface area contributed by atoms with Gasteiger partial charge in [0.25, 0.3) is 5.91 Å². The van der Waals surface area contributed by atoms with Gasteiger partial charge in [0, 0.05) is 30.4 Å². The molecule has 0 spiro atoms. The Labute approximate surface area is 159 Å². The van der Waals surface area contributed by atoms with Crippen molar-refractivity contribution in [2.24, 2.45) is 0 Å². The number of β-amino-alcohol motifs (C(OH)–C–C–N with tert-alkyl or cyclic N) is 1. The summed E-state index contributed by atoms with van der Waals surface area (Å²) in [7, 11) is 0. The number of hydrogen-bond acceptors (Lipinski definition) is 6. The third kappa shape index (κ3) is 5.74. The van der Waals surface area contributed by atoms with Crippen molar-refractivity contribution in [2.45, 2.75) is 31.8 Å². The second-order valence-corrected chi connectivity index (χ2v) is 6.96. The van der Waals surface area contributed by atoms with Crippen molar-refractivity contribution in [3.05, 3.63) is 42.1 Å². The topological polar surface area (TPSA) is 104 Å². The molecule has 1 aromatic carbocycles. The van der Waals surface area contributed by atoms with Crippen LogP contribution in [0, 0.1) is 0 Å². The van der Waals surface area contributed by atoms with Crippen LogP contribution in [0.2, 0.25) is 0 Å². The predicted molar refractivity (Wildman–Crippen MR) is 105 cm³/mol. The van der Waals surface area contributed by atoms with Gasteiger partial charge in [-0.15, -0.1) is 0 Å². The number of nitrogens with two attached hydrogens (primary N) is 1. The molecule has 144 valence electrons. The molecule has 0 radical (unpaired) electrons. The van der Waals surface area contributed by atoms with Crippen LogP contribution in [0.1, 0.15) is 36.0 Å². The van der Waals surface area contributed by atoms with Gasteiger partial charge in [-0.05, 0) is 44.1 Å². The number of nitrogen functional groups attached to an aromatic ring is 1. The average molecular weight is 369 g/mol. The Hall–Kier alpha value is -2.51. The van der Waals surface area contributed by atoms with Crippen LogP contribution in [-0.2, 0) is 0 Å². The molecule has 0 aliphatic carbocycles. The minimum Gasteiger partial charge on any atom is -0.390 e. The second-order valence-electron chi connectivity index (χ2n) is 6.96. The molecule has 1 unspecified atom stereocenters. The lowest BCUT2D eigenvalue weighted by atomic mass is 10.1. The van der Waals surface area contributed by atoms with Gasteiger partial charge in [0.05, 0.1) is 11.8 Å². The number of aliphatic hydroxyl groups is 1. The van der Waals surface area contributed by atoms with E-state index in [1.807, 2.05) is 12.1 Å². The molecule has 2 aromatic rings. The molecule has 3 rings (SSSR count). The van der Waals surface area contributed by atoms with Crippen molar-refractivity contribution in [3.8, 4) is 11.3 Å². The Bertz CT molecular complexity index is 742. The van der Waals surface area contributed by atoms with Gasteiger partial charge in [-0.25, -0.2) is 9.97 Å². The third-order valence-electron chi connectivity index (χ3n) is 4.78. The van der Waals surface area contributed by atoms with Crippen molar-refractivity contribution >= 4 is 11.9 Å². The highest BCUT2D eigenvalue weighted by molar-refractivity contribution is 5.94. The number of amides is 1. The fraction of sp³-hybridized carbons (Fsp3) is 0.450. The van der Waals surface area contributed by atoms with Gasteiger partial charge in [-0.1, -0.05) is 25.0 Å². The molecule has 0 bridgehead atoms. The molecular formula is C20H27N5O2. The van der Waals surface area contributed by atoms with Crippen LogP contribution in [0.25, 0.3) is 11.3 Å². The summed E-state index contributed by atoms with van der Waals surface area (Å²) >= 11 is 0. The van der Waals surface area contributed by atoms with Gasteiger partial charge in [0.2, 0.25) is 5.95 Å². The molecule has 1 aromatic heterocycles. The van der Waals surface area contributed by atoms with Gasteiger partial charge < -0.3 is 21.1 Å². The quantitative estimate of drug-likeness (QED) is 0.716. The summed E-state index contributed by atoms with van der Waals surface area (Å²) in [6, 6.07) is 8.90. The van der Waals surface area contributed by atoms with Crippen molar-refractivity contribution in [2.75, 3.05) is 31.9 Å². The van der Waals surface area contributed by atoms with Gasteiger partial charge in [0.15, 0.2) is 0 Å². The second kappa shape index (κ2) is 9.43. The maximum atomic E-state index is 12.3. The summed E-state index contributed by atoms with van der Waals surface area (Å²) in [5, 5.41) is 13.0. The molecule has 1 saturated heterocycles. The Morgan fingerprint density at radius 1 is 1.15 bits per heavy atom. The van der Waals surface area contributed by atoms with Crippen LogP contribution in [0.5, 0.6) is 0 Å². The maximum Gasteiger partial charge on any atom is 0.251 e. The van der Waals surface area contributed by atoms with Gasteiger partial charge in [-0.3, -0.25) is 4.79 Å². The molecule has 2 heterocycles. The van der Waals surface area contributed by atoms with E-state index in [1.165, 1.54) is 25.7 Å². The van der Waals surface area contributed by atoms with Crippen molar-refractivity contribution in [1.29, 1.82) is 0 Å².